The van der Waals surface area contributed by atoms with Gasteiger partial charge in [0.2, 0.25) is 0 Å². The number of aldehydes is 1. The molecule has 0 fully saturated rings. The third-order valence-electron chi connectivity index (χ3n) is 2.77. The minimum atomic E-state index is -0.711. The Morgan fingerprint density at radius 2 is 1.79 bits per heavy atom. The summed E-state index contributed by atoms with van der Waals surface area (Å²) in [5.41, 5.74) is 1.97. The van der Waals surface area contributed by atoms with Gasteiger partial charge in [-0.15, -0.1) is 0 Å². The van der Waals surface area contributed by atoms with Gasteiger partial charge in [0.25, 0.3) is 0 Å². The molecular weight excluding hydrogens is 240 g/mol. The van der Waals surface area contributed by atoms with Gasteiger partial charge in [-0.25, -0.2) is 0 Å². The second-order valence-corrected chi connectivity index (χ2v) is 4.28. The van der Waals surface area contributed by atoms with Crippen molar-refractivity contribution in [1.29, 1.82) is 0 Å². The van der Waals surface area contributed by atoms with Gasteiger partial charge in [-0.1, -0.05) is 43.3 Å². The standard InChI is InChI=1S/C12H10O.C4H8O2/c1-9-6-7-10(8-13)12-5-3-2-4-11(9)12;1-2-3-4(5)6/h2-8H,1H3;2-3H2,1H3,(H,5,6). The number of hydrogen-bond acceptors (Lipinski definition) is 2. The topological polar surface area (TPSA) is 54.4 Å². The molecule has 19 heavy (non-hydrogen) atoms. The Morgan fingerprint density at radius 3 is 2.26 bits per heavy atom. The summed E-state index contributed by atoms with van der Waals surface area (Å²) in [5, 5.41) is 10.1. The monoisotopic (exact) mass is 258 g/mol. The molecular formula is C16H18O3. The van der Waals surface area contributed by atoms with Gasteiger partial charge in [0.15, 0.2) is 6.29 Å². The van der Waals surface area contributed by atoms with Gasteiger partial charge in [0.1, 0.15) is 0 Å². The molecule has 0 amide bonds. The molecule has 0 aliphatic carbocycles. The van der Waals surface area contributed by atoms with Crippen LogP contribution in [0.25, 0.3) is 10.8 Å². The highest BCUT2D eigenvalue weighted by atomic mass is 16.4. The first-order valence-electron chi connectivity index (χ1n) is 6.25. The summed E-state index contributed by atoms with van der Waals surface area (Å²) in [6.07, 6.45) is 1.93. The van der Waals surface area contributed by atoms with Gasteiger partial charge in [0, 0.05) is 12.0 Å². The highest BCUT2D eigenvalue weighted by Gasteiger charge is 2.00. The van der Waals surface area contributed by atoms with Crippen LogP contribution in [0.15, 0.2) is 36.4 Å². The third-order valence-corrected chi connectivity index (χ3v) is 2.77. The summed E-state index contributed by atoms with van der Waals surface area (Å²) in [5.74, 6) is -0.711. The van der Waals surface area contributed by atoms with Crippen molar-refractivity contribution in [3.05, 3.63) is 47.5 Å². The molecule has 0 spiro atoms. The lowest BCUT2D eigenvalue weighted by molar-refractivity contribution is -0.137. The Morgan fingerprint density at radius 1 is 1.16 bits per heavy atom. The number of benzene rings is 2. The molecule has 1 N–H and O–H groups in total. The summed E-state index contributed by atoms with van der Waals surface area (Å²) < 4.78 is 0. The molecule has 0 atom stereocenters. The van der Waals surface area contributed by atoms with Gasteiger partial charge >= 0.3 is 5.97 Å². The molecule has 0 aromatic heterocycles. The highest BCUT2D eigenvalue weighted by Crippen LogP contribution is 2.20. The van der Waals surface area contributed by atoms with Gasteiger partial charge < -0.3 is 5.11 Å². The van der Waals surface area contributed by atoms with Crippen molar-refractivity contribution < 1.29 is 14.7 Å². The minimum Gasteiger partial charge on any atom is -0.481 e. The molecule has 2 aromatic rings. The molecule has 0 aliphatic heterocycles. The van der Waals surface area contributed by atoms with Crippen LogP contribution in [-0.2, 0) is 4.79 Å². The largest absolute Gasteiger partial charge is 0.481 e. The summed E-state index contributed by atoms with van der Waals surface area (Å²) in [6.45, 7) is 3.89. The predicted molar refractivity (Wildman–Crippen MR) is 76.6 cm³/mol. The van der Waals surface area contributed by atoms with Gasteiger partial charge in [-0.05, 0) is 29.7 Å². The number of hydrogen-bond donors (Lipinski definition) is 1. The summed E-state index contributed by atoms with van der Waals surface area (Å²) >= 11 is 0. The summed E-state index contributed by atoms with van der Waals surface area (Å²) in [7, 11) is 0. The van der Waals surface area contributed by atoms with Gasteiger partial charge in [0.05, 0.1) is 0 Å². The molecule has 0 aliphatic rings. The molecule has 0 saturated carbocycles. The fourth-order valence-corrected chi connectivity index (χ4v) is 1.79. The number of carbonyl (C=O) groups excluding carboxylic acids is 1. The second-order valence-electron chi connectivity index (χ2n) is 4.28. The number of fused-ring (bicyclic) bond motifs is 1. The van der Waals surface area contributed by atoms with E-state index in [-0.39, 0.29) is 0 Å². The molecule has 0 unspecified atom stereocenters. The molecule has 3 nitrogen and oxygen atoms in total. The number of rotatable bonds is 3. The first-order valence-corrected chi connectivity index (χ1v) is 6.25. The van der Waals surface area contributed by atoms with E-state index in [9.17, 15) is 9.59 Å². The van der Waals surface area contributed by atoms with Crippen LogP contribution in [0.5, 0.6) is 0 Å². The van der Waals surface area contributed by atoms with Crippen LogP contribution in [0.4, 0.5) is 0 Å². The van der Waals surface area contributed by atoms with E-state index in [1.165, 1.54) is 5.56 Å². The van der Waals surface area contributed by atoms with Crippen molar-refractivity contribution in [3.8, 4) is 0 Å². The molecule has 100 valence electrons. The first kappa shape index (κ1) is 14.9. The smallest absolute Gasteiger partial charge is 0.303 e. The number of aliphatic carboxylic acids is 1. The van der Waals surface area contributed by atoms with Crippen molar-refractivity contribution in [2.75, 3.05) is 0 Å². The normalized spacial score (nSPS) is 9.58. The van der Waals surface area contributed by atoms with E-state index in [2.05, 4.69) is 6.92 Å². The number of carboxylic acids is 1. The molecule has 0 saturated heterocycles. The average molecular weight is 258 g/mol. The van der Waals surface area contributed by atoms with Crippen molar-refractivity contribution >= 4 is 23.0 Å². The van der Waals surface area contributed by atoms with Gasteiger partial charge in [-0.2, -0.15) is 0 Å². The van der Waals surface area contributed by atoms with E-state index >= 15 is 0 Å². The number of carboxylic acid groups (broad SMARTS) is 1. The van der Waals surface area contributed by atoms with Crippen LogP contribution in [0, 0.1) is 6.92 Å². The zero-order valence-electron chi connectivity index (χ0n) is 11.2. The second kappa shape index (κ2) is 7.31. The van der Waals surface area contributed by atoms with E-state index in [1.54, 1.807) is 0 Å². The molecule has 0 bridgehead atoms. The Bertz CT molecular complexity index is 573. The fourth-order valence-electron chi connectivity index (χ4n) is 1.79. The van der Waals surface area contributed by atoms with Crippen LogP contribution >= 0.6 is 0 Å². The van der Waals surface area contributed by atoms with E-state index in [0.29, 0.717) is 6.42 Å². The van der Waals surface area contributed by atoms with E-state index in [0.717, 1.165) is 29.0 Å². The molecule has 0 heterocycles. The third kappa shape index (κ3) is 4.21. The highest BCUT2D eigenvalue weighted by molar-refractivity contribution is 5.99. The zero-order chi connectivity index (χ0) is 14.3. The summed E-state index contributed by atoms with van der Waals surface area (Å²) in [6, 6.07) is 11.8. The molecule has 3 heteroatoms. The van der Waals surface area contributed by atoms with Gasteiger partial charge in [-0.3, -0.25) is 9.59 Å². The molecule has 2 aromatic carbocycles. The lowest BCUT2D eigenvalue weighted by Crippen LogP contribution is -1.90. The van der Waals surface area contributed by atoms with Crippen molar-refractivity contribution in [3.63, 3.8) is 0 Å². The Kier molecular flexibility index (Phi) is 5.73. The quantitative estimate of drug-likeness (QED) is 0.851. The van der Waals surface area contributed by atoms with Crippen molar-refractivity contribution in [2.24, 2.45) is 0 Å². The summed E-state index contributed by atoms with van der Waals surface area (Å²) in [4.78, 5) is 20.3. The molecule has 2 rings (SSSR count). The maximum absolute atomic E-state index is 10.7. The number of aryl methyl sites for hydroxylation is 1. The Hall–Kier alpha value is -2.16. The maximum Gasteiger partial charge on any atom is 0.303 e. The van der Waals surface area contributed by atoms with E-state index < -0.39 is 5.97 Å². The van der Waals surface area contributed by atoms with Crippen LogP contribution in [0.2, 0.25) is 0 Å². The minimum absolute atomic E-state index is 0.292. The SMILES string of the molecule is CCCC(=O)O.Cc1ccc(C=O)c2ccccc12. The van der Waals surface area contributed by atoms with E-state index in [4.69, 9.17) is 5.11 Å². The van der Waals surface area contributed by atoms with Crippen LogP contribution in [0.1, 0.15) is 35.7 Å². The molecule has 0 radical (unpaired) electrons. The van der Waals surface area contributed by atoms with Crippen molar-refractivity contribution in [2.45, 2.75) is 26.7 Å². The Balaban J connectivity index is 0.000000258. The fraction of sp³-hybridized carbons (Fsp3) is 0.250. The lowest BCUT2D eigenvalue weighted by Gasteiger charge is -2.03. The average Bonchev–Trinajstić information content (AvgIpc) is 2.40. The van der Waals surface area contributed by atoms with Crippen LogP contribution in [0.3, 0.4) is 0 Å². The number of carbonyl (C=O) groups is 2. The van der Waals surface area contributed by atoms with Crippen LogP contribution in [-0.4, -0.2) is 17.4 Å². The van der Waals surface area contributed by atoms with Crippen molar-refractivity contribution in [1.82, 2.24) is 0 Å². The Labute approximate surface area is 112 Å². The predicted octanol–water partition coefficient (Wildman–Crippen LogP) is 3.83. The van der Waals surface area contributed by atoms with E-state index in [1.807, 2.05) is 43.3 Å². The maximum atomic E-state index is 10.7. The zero-order valence-corrected chi connectivity index (χ0v) is 11.2. The lowest BCUT2D eigenvalue weighted by atomic mass is 10.0. The van der Waals surface area contributed by atoms with Crippen LogP contribution < -0.4 is 0 Å². The first-order chi connectivity index (χ1) is 9.10.